The minimum Gasteiger partial charge on any atom is -0.465 e. The molecule has 4 aliphatic carbocycles. The molecule has 0 aromatic rings. The smallest absolute Gasteiger partial charge is 0.307 e. The zero-order valence-electron chi connectivity index (χ0n) is 31.0. The van der Waals surface area contributed by atoms with Crippen LogP contribution in [0.2, 0.25) is 0 Å². The Morgan fingerprint density at radius 3 is 1.76 bits per heavy atom. The molecule has 0 aromatic carbocycles. The molecule has 7 heteroatoms. The first-order valence-electron chi connectivity index (χ1n) is 20.4. The van der Waals surface area contributed by atoms with Crippen molar-refractivity contribution in [2.24, 2.45) is 29.1 Å². The Morgan fingerprint density at radius 2 is 1.16 bits per heavy atom. The quantitative estimate of drug-likeness (QED) is 0.0389. The second kappa shape index (κ2) is 22.6. The second-order valence-corrected chi connectivity index (χ2v) is 16.1. The van der Waals surface area contributed by atoms with Crippen LogP contribution in [-0.2, 0) is 28.6 Å². The van der Waals surface area contributed by atoms with Crippen LogP contribution >= 0.6 is 0 Å². The van der Waals surface area contributed by atoms with Gasteiger partial charge in [0.1, 0.15) is 19.8 Å². The third-order valence-electron chi connectivity index (χ3n) is 11.5. The van der Waals surface area contributed by atoms with Gasteiger partial charge in [0.2, 0.25) is 0 Å². The van der Waals surface area contributed by atoms with Crippen molar-refractivity contribution in [1.29, 1.82) is 0 Å². The summed E-state index contributed by atoms with van der Waals surface area (Å²) in [7, 11) is 0. The molecule has 5 aliphatic rings. The monoisotopic (exact) mass is 684 g/mol. The van der Waals surface area contributed by atoms with E-state index in [1.165, 1.54) is 96.3 Å². The molecule has 4 saturated carbocycles. The number of allylic oxidation sites excluding steroid dienone is 4. The molecule has 5 rings (SSSR count). The van der Waals surface area contributed by atoms with E-state index in [0.29, 0.717) is 25.8 Å². The predicted octanol–water partition coefficient (Wildman–Crippen LogP) is 9.53. The van der Waals surface area contributed by atoms with Crippen LogP contribution in [0.3, 0.4) is 0 Å². The highest BCUT2D eigenvalue weighted by molar-refractivity contribution is 5.71. The molecule has 0 amide bonds. The molecule has 1 unspecified atom stereocenters. The fourth-order valence-corrected chi connectivity index (χ4v) is 9.30. The third-order valence-corrected chi connectivity index (χ3v) is 11.5. The van der Waals surface area contributed by atoms with Crippen LogP contribution in [0.15, 0.2) is 24.3 Å². The Labute approximate surface area is 298 Å². The molecule has 4 bridgehead atoms. The Kier molecular flexibility index (Phi) is 18.3. The summed E-state index contributed by atoms with van der Waals surface area (Å²) in [6, 6.07) is 0. The molecule has 1 saturated heterocycles. The van der Waals surface area contributed by atoms with Gasteiger partial charge in [-0.2, -0.15) is 0 Å². The molecular formula is C42H69NO6. The van der Waals surface area contributed by atoms with E-state index in [1.807, 2.05) is 0 Å². The van der Waals surface area contributed by atoms with Gasteiger partial charge in [-0.25, -0.2) is 0 Å². The van der Waals surface area contributed by atoms with E-state index in [2.05, 4.69) is 36.1 Å². The van der Waals surface area contributed by atoms with Crippen LogP contribution in [0, 0.1) is 29.1 Å². The molecule has 0 N–H and O–H groups in total. The van der Waals surface area contributed by atoms with Crippen molar-refractivity contribution in [2.45, 2.75) is 155 Å². The fraction of sp³-hybridized carbons (Fsp3) is 0.833. The number of esters is 3. The lowest BCUT2D eigenvalue weighted by Gasteiger charge is -2.56. The summed E-state index contributed by atoms with van der Waals surface area (Å²) in [5.74, 6) is 1.39. The maximum atomic E-state index is 13.1. The lowest BCUT2D eigenvalue weighted by Crippen LogP contribution is -2.47. The van der Waals surface area contributed by atoms with E-state index in [0.717, 1.165) is 62.9 Å². The molecule has 0 spiro atoms. The molecule has 0 aromatic heterocycles. The lowest BCUT2D eigenvalue weighted by atomic mass is 9.49. The summed E-state index contributed by atoms with van der Waals surface area (Å²) in [4.78, 5) is 40.5. The number of unbranched alkanes of at least 4 members (excludes halogenated alkanes) is 9. The first-order valence-corrected chi connectivity index (χ1v) is 20.4. The van der Waals surface area contributed by atoms with Crippen LogP contribution in [0.5, 0.6) is 0 Å². The van der Waals surface area contributed by atoms with Crippen molar-refractivity contribution in [2.75, 3.05) is 39.5 Å². The van der Waals surface area contributed by atoms with Crippen molar-refractivity contribution >= 4 is 17.9 Å². The molecule has 1 heterocycles. The SMILES string of the molecule is CCCCC/C=C\C/C=C\CCCCCCCCC(=O)OCC(COC(=O)CCN1CCCC1)COC(=O)CC12CC3CC(CC(C3)C1)C2. The first-order chi connectivity index (χ1) is 23.9. The van der Waals surface area contributed by atoms with E-state index in [9.17, 15) is 14.4 Å². The van der Waals surface area contributed by atoms with Crippen LogP contribution in [0.1, 0.15) is 155 Å². The zero-order valence-corrected chi connectivity index (χ0v) is 31.0. The van der Waals surface area contributed by atoms with Gasteiger partial charge in [-0.3, -0.25) is 14.4 Å². The van der Waals surface area contributed by atoms with Crippen molar-refractivity contribution in [3.63, 3.8) is 0 Å². The molecule has 0 radical (unpaired) electrons. The number of carbonyl (C=O) groups excluding carboxylic acids is 3. The highest BCUT2D eigenvalue weighted by Gasteiger charge is 2.51. The van der Waals surface area contributed by atoms with Crippen molar-refractivity contribution < 1.29 is 28.6 Å². The number of likely N-dealkylation sites (tertiary alicyclic amines) is 1. The number of nitrogens with zero attached hydrogens (tertiary/aromatic N) is 1. The normalized spacial score (nSPS) is 25.4. The molecular weight excluding hydrogens is 614 g/mol. The Hall–Kier alpha value is -2.15. The lowest BCUT2D eigenvalue weighted by molar-refractivity contribution is -0.157. The van der Waals surface area contributed by atoms with E-state index in [-0.39, 0.29) is 49.1 Å². The Bertz CT molecular complexity index is 995. The summed E-state index contributed by atoms with van der Waals surface area (Å²) >= 11 is 0. The van der Waals surface area contributed by atoms with Gasteiger partial charge in [-0.15, -0.1) is 0 Å². The van der Waals surface area contributed by atoms with Gasteiger partial charge in [-0.1, -0.05) is 69.8 Å². The van der Waals surface area contributed by atoms with Crippen molar-refractivity contribution in [3.8, 4) is 0 Å². The molecule has 1 atom stereocenters. The summed E-state index contributed by atoms with van der Waals surface area (Å²) in [6.07, 6.45) is 34.2. The average molecular weight is 684 g/mol. The summed E-state index contributed by atoms with van der Waals surface area (Å²) in [5, 5.41) is 0. The topological polar surface area (TPSA) is 82.1 Å². The fourth-order valence-electron chi connectivity index (χ4n) is 9.30. The number of hydrogen-bond donors (Lipinski definition) is 0. The molecule has 7 nitrogen and oxygen atoms in total. The number of carbonyl (C=O) groups is 3. The maximum Gasteiger partial charge on any atom is 0.307 e. The van der Waals surface area contributed by atoms with Gasteiger partial charge >= 0.3 is 17.9 Å². The minimum absolute atomic E-state index is 0.0989. The number of ether oxygens (including phenoxy) is 3. The number of rotatable bonds is 26. The van der Waals surface area contributed by atoms with Crippen LogP contribution < -0.4 is 0 Å². The minimum atomic E-state index is -0.351. The highest BCUT2D eigenvalue weighted by atomic mass is 16.6. The molecule has 278 valence electrons. The van der Waals surface area contributed by atoms with E-state index in [1.54, 1.807) is 0 Å². The molecule has 5 fully saturated rings. The van der Waals surface area contributed by atoms with E-state index in [4.69, 9.17) is 14.2 Å². The first kappa shape index (κ1) is 39.6. The third kappa shape index (κ3) is 15.7. The van der Waals surface area contributed by atoms with Gasteiger partial charge in [0.15, 0.2) is 0 Å². The Morgan fingerprint density at radius 1 is 0.653 bits per heavy atom. The van der Waals surface area contributed by atoms with Gasteiger partial charge in [-0.05, 0) is 126 Å². The van der Waals surface area contributed by atoms with Crippen molar-refractivity contribution in [1.82, 2.24) is 4.90 Å². The second-order valence-electron chi connectivity index (χ2n) is 16.1. The molecule has 1 aliphatic heterocycles. The van der Waals surface area contributed by atoms with Crippen LogP contribution in [-0.4, -0.2) is 62.3 Å². The standard InChI is InChI=1S/C42H69NO6/c1-2-3-4-5-6-7-8-9-10-11-12-13-14-15-16-17-20-39(44)47-32-38(33-48-40(45)21-24-43-22-18-19-23-43)34-49-41(46)31-42-28-35-25-36(29-42)27-37(26-35)30-42/h6-7,9-10,35-38H,2-5,8,11-34H2,1H3/b7-6-,10-9-. The average Bonchev–Trinajstić information content (AvgIpc) is 3.60. The number of hydrogen-bond acceptors (Lipinski definition) is 7. The zero-order chi connectivity index (χ0) is 34.6. The largest absolute Gasteiger partial charge is 0.465 e. The van der Waals surface area contributed by atoms with Gasteiger partial charge in [0, 0.05) is 13.0 Å². The van der Waals surface area contributed by atoms with Gasteiger partial charge in [0.25, 0.3) is 0 Å². The summed E-state index contributed by atoms with van der Waals surface area (Å²) in [6.45, 7) is 5.36. The van der Waals surface area contributed by atoms with E-state index < -0.39 is 0 Å². The van der Waals surface area contributed by atoms with Crippen LogP contribution in [0.4, 0.5) is 0 Å². The Balaban J connectivity index is 1.07. The summed E-state index contributed by atoms with van der Waals surface area (Å²) in [5.41, 5.74) is 0.123. The van der Waals surface area contributed by atoms with Gasteiger partial charge < -0.3 is 19.1 Å². The van der Waals surface area contributed by atoms with Crippen LogP contribution in [0.25, 0.3) is 0 Å². The highest BCUT2D eigenvalue weighted by Crippen LogP contribution is 2.61. The summed E-state index contributed by atoms with van der Waals surface area (Å²) < 4.78 is 17.0. The molecule has 49 heavy (non-hydrogen) atoms. The van der Waals surface area contributed by atoms with Crippen molar-refractivity contribution in [3.05, 3.63) is 24.3 Å². The van der Waals surface area contributed by atoms with E-state index >= 15 is 0 Å². The predicted molar refractivity (Wildman–Crippen MR) is 196 cm³/mol. The maximum absolute atomic E-state index is 13.1. The van der Waals surface area contributed by atoms with Gasteiger partial charge in [0.05, 0.1) is 18.8 Å².